The first-order chi connectivity index (χ1) is 10.8. The lowest BCUT2D eigenvalue weighted by atomic mass is 9.90. The van der Waals surface area contributed by atoms with Crippen molar-refractivity contribution in [1.82, 2.24) is 10.2 Å². The fraction of sp³-hybridized carbons (Fsp3) is 0.895. The second kappa shape index (κ2) is 9.29. The Morgan fingerprint density at radius 1 is 1.17 bits per heavy atom. The van der Waals surface area contributed by atoms with Crippen LogP contribution >= 0.6 is 0 Å². The van der Waals surface area contributed by atoms with Crippen molar-refractivity contribution < 1.29 is 9.59 Å². The van der Waals surface area contributed by atoms with Crippen LogP contribution in [0.3, 0.4) is 0 Å². The molecule has 4 nitrogen and oxygen atoms in total. The smallest absolute Gasteiger partial charge is 0.227 e. The second-order valence-electron chi connectivity index (χ2n) is 7.98. The van der Waals surface area contributed by atoms with Crippen LogP contribution < -0.4 is 5.32 Å². The molecule has 1 aliphatic rings. The van der Waals surface area contributed by atoms with Gasteiger partial charge in [0.25, 0.3) is 0 Å². The van der Waals surface area contributed by atoms with Crippen LogP contribution in [0.15, 0.2) is 0 Å². The molecule has 0 aliphatic carbocycles. The van der Waals surface area contributed by atoms with Crippen molar-refractivity contribution in [3.05, 3.63) is 0 Å². The summed E-state index contributed by atoms with van der Waals surface area (Å²) in [5, 5.41) is 3.14. The summed E-state index contributed by atoms with van der Waals surface area (Å²) in [5.74, 6) is 1.05. The minimum atomic E-state index is -0.331. The molecule has 0 aromatic carbocycles. The largest absolute Gasteiger partial charge is 0.356 e. The number of amides is 2. The summed E-state index contributed by atoms with van der Waals surface area (Å²) in [6.07, 6.45) is 6.36. The van der Waals surface area contributed by atoms with Crippen LogP contribution in [0.5, 0.6) is 0 Å². The Morgan fingerprint density at radius 3 is 2.26 bits per heavy atom. The Kier molecular flexibility index (Phi) is 8.07. The number of nitrogens with one attached hydrogen (secondary N) is 1. The van der Waals surface area contributed by atoms with Gasteiger partial charge in [-0.25, -0.2) is 0 Å². The lowest BCUT2D eigenvalue weighted by Crippen LogP contribution is -2.47. The van der Waals surface area contributed by atoms with Crippen LogP contribution in [0.25, 0.3) is 0 Å². The summed E-state index contributed by atoms with van der Waals surface area (Å²) >= 11 is 0. The van der Waals surface area contributed by atoms with E-state index < -0.39 is 0 Å². The van der Waals surface area contributed by atoms with Crippen molar-refractivity contribution in [3.8, 4) is 0 Å². The van der Waals surface area contributed by atoms with E-state index in [1.54, 1.807) is 0 Å². The minimum absolute atomic E-state index is 0.0719. The molecule has 4 heteroatoms. The summed E-state index contributed by atoms with van der Waals surface area (Å²) < 4.78 is 0. The molecule has 1 aliphatic heterocycles. The highest BCUT2D eigenvalue weighted by Crippen LogP contribution is 2.23. The van der Waals surface area contributed by atoms with Gasteiger partial charge in [0.15, 0.2) is 0 Å². The third kappa shape index (κ3) is 6.52. The fourth-order valence-electron chi connectivity index (χ4n) is 3.15. The van der Waals surface area contributed by atoms with E-state index in [0.29, 0.717) is 19.0 Å². The molecular weight excluding hydrogens is 288 g/mol. The van der Waals surface area contributed by atoms with E-state index in [1.807, 2.05) is 25.7 Å². The maximum absolute atomic E-state index is 12.4. The van der Waals surface area contributed by atoms with Crippen molar-refractivity contribution in [2.75, 3.05) is 19.6 Å². The lowest BCUT2D eigenvalue weighted by Gasteiger charge is -2.35. The molecule has 1 fully saturated rings. The predicted octanol–water partition coefficient (Wildman–Crippen LogP) is 3.60. The van der Waals surface area contributed by atoms with Gasteiger partial charge < -0.3 is 10.2 Å². The summed E-state index contributed by atoms with van der Waals surface area (Å²) in [6.45, 7) is 12.5. The molecule has 0 aromatic heterocycles. The third-order valence-corrected chi connectivity index (χ3v) is 4.90. The first-order valence-corrected chi connectivity index (χ1v) is 9.36. The van der Waals surface area contributed by atoms with E-state index in [9.17, 15) is 9.59 Å². The zero-order chi connectivity index (χ0) is 17.5. The molecule has 1 atom stereocenters. The van der Waals surface area contributed by atoms with E-state index in [4.69, 9.17) is 0 Å². The van der Waals surface area contributed by atoms with Crippen molar-refractivity contribution in [1.29, 1.82) is 0 Å². The molecule has 1 rings (SSSR count). The summed E-state index contributed by atoms with van der Waals surface area (Å²) in [5.41, 5.74) is -0.331. The van der Waals surface area contributed by atoms with Crippen molar-refractivity contribution >= 4 is 11.8 Å². The SMILES string of the molecule is CCCCC(CC)CNC(=O)C1CCN(C(=O)C(C)(C)C)CC1. The molecule has 2 amide bonds. The quantitative estimate of drug-likeness (QED) is 0.778. The van der Waals surface area contributed by atoms with Gasteiger partial charge >= 0.3 is 0 Å². The highest BCUT2D eigenvalue weighted by molar-refractivity contribution is 5.82. The maximum atomic E-state index is 12.4. The Balaban J connectivity index is 2.36. The van der Waals surface area contributed by atoms with Gasteiger partial charge in [0.1, 0.15) is 0 Å². The average molecular weight is 325 g/mol. The topological polar surface area (TPSA) is 49.4 Å². The number of carbonyl (C=O) groups excluding carboxylic acids is 2. The van der Waals surface area contributed by atoms with Gasteiger partial charge in [-0.15, -0.1) is 0 Å². The van der Waals surface area contributed by atoms with Crippen molar-refractivity contribution in [2.45, 2.75) is 73.1 Å². The Morgan fingerprint density at radius 2 is 1.78 bits per heavy atom. The summed E-state index contributed by atoms with van der Waals surface area (Å²) in [6, 6.07) is 0. The van der Waals surface area contributed by atoms with E-state index >= 15 is 0 Å². The number of rotatable bonds is 7. The van der Waals surface area contributed by atoms with Crippen LogP contribution in [-0.2, 0) is 9.59 Å². The molecule has 0 saturated carbocycles. The summed E-state index contributed by atoms with van der Waals surface area (Å²) in [7, 11) is 0. The molecule has 0 spiro atoms. The number of hydrogen-bond acceptors (Lipinski definition) is 2. The van der Waals surface area contributed by atoms with Gasteiger partial charge in [-0.1, -0.05) is 53.9 Å². The van der Waals surface area contributed by atoms with Gasteiger partial charge in [0.2, 0.25) is 11.8 Å². The molecule has 1 unspecified atom stereocenters. The van der Waals surface area contributed by atoms with Gasteiger partial charge in [-0.2, -0.15) is 0 Å². The number of likely N-dealkylation sites (tertiary alicyclic amines) is 1. The van der Waals surface area contributed by atoms with E-state index in [-0.39, 0.29) is 23.1 Å². The van der Waals surface area contributed by atoms with Crippen LogP contribution in [0.4, 0.5) is 0 Å². The van der Waals surface area contributed by atoms with Crippen LogP contribution in [0, 0.1) is 17.3 Å². The lowest BCUT2D eigenvalue weighted by molar-refractivity contribution is -0.142. The van der Waals surface area contributed by atoms with E-state index in [1.165, 1.54) is 19.3 Å². The number of carbonyl (C=O) groups is 2. The second-order valence-corrected chi connectivity index (χ2v) is 7.98. The van der Waals surface area contributed by atoms with Gasteiger partial charge in [0.05, 0.1) is 0 Å². The Bertz CT molecular complexity index is 379. The Hall–Kier alpha value is -1.06. The molecule has 1 saturated heterocycles. The fourth-order valence-corrected chi connectivity index (χ4v) is 3.15. The first-order valence-electron chi connectivity index (χ1n) is 9.36. The molecular formula is C19H36N2O2. The van der Waals surface area contributed by atoms with Crippen LogP contribution in [-0.4, -0.2) is 36.3 Å². The standard InChI is InChI=1S/C19H36N2O2/c1-6-8-9-15(7-2)14-20-17(22)16-10-12-21(13-11-16)18(23)19(3,4)5/h15-16H,6-14H2,1-5H3,(H,20,22). The number of unbranched alkanes of at least 4 members (excludes halogenated alkanes) is 1. The highest BCUT2D eigenvalue weighted by atomic mass is 16.2. The molecule has 0 aromatic rings. The van der Waals surface area contributed by atoms with Gasteiger partial charge in [-0.05, 0) is 25.2 Å². The molecule has 23 heavy (non-hydrogen) atoms. The number of piperidine rings is 1. The number of hydrogen-bond donors (Lipinski definition) is 1. The molecule has 1 heterocycles. The molecule has 0 radical (unpaired) electrons. The normalized spacial score (nSPS) is 17.9. The van der Waals surface area contributed by atoms with E-state index in [2.05, 4.69) is 19.2 Å². The molecule has 1 N–H and O–H groups in total. The van der Waals surface area contributed by atoms with E-state index in [0.717, 1.165) is 25.8 Å². The predicted molar refractivity (Wildman–Crippen MR) is 95.1 cm³/mol. The van der Waals surface area contributed by atoms with Crippen LogP contribution in [0.1, 0.15) is 73.1 Å². The Labute approximate surface area is 142 Å². The van der Waals surface area contributed by atoms with Gasteiger partial charge in [0, 0.05) is 31.0 Å². The van der Waals surface area contributed by atoms with Crippen molar-refractivity contribution in [3.63, 3.8) is 0 Å². The maximum Gasteiger partial charge on any atom is 0.227 e. The third-order valence-electron chi connectivity index (χ3n) is 4.90. The zero-order valence-electron chi connectivity index (χ0n) is 15.8. The zero-order valence-corrected chi connectivity index (χ0v) is 15.8. The molecule has 134 valence electrons. The highest BCUT2D eigenvalue weighted by Gasteiger charge is 2.32. The minimum Gasteiger partial charge on any atom is -0.356 e. The van der Waals surface area contributed by atoms with Crippen molar-refractivity contribution in [2.24, 2.45) is 17.3 Å². The molecule has 0 bridgehead atoms. The first kappa shape index (κ1) is 20.0. The average Bonchev–Trinajstić information content (AvgIpc) is 2.53. The number of nitrogens with zero attached hydrogens (tertiary/aromatic N) is 1. The van der Waals surface area contributed by atoms with Crippen LogP contribution in [0.2, 0.25) is 0 Å². The summed E-state index contributed by atoms with van der Waals surface area (Å²) in [4.78, 5) is 26.5. The van der Waals surface area contributed by atoms with Gasteiger partial charge in [-0.3, -0.25) is 9.59 Å². The monoisotopic (exact) mass is 324 g/mol.